The van der Waals surface area contributed by atoms with Crippen LogP contribution in [0.3, 0.4) is 0 Å². The highest BCUT2D eigenvalue weighted by Gasteiger charge is 2.07. The summed E-state index contributed by atoms with van der Waals surface area (Å²) in [6, 6.07) is 0. The topological polar surface area (TPSA) is 64.0 Å². The molecule has 1 N–H and O–H groups in total. The van der Waals surface area contributed by atoms with Crippen molar-refractivity contribution in [2.24, 2.45) is 0 Å². The van der Waals surface area contributed by atoms with Crippen molar-refractivity contribution in [3.63, 3.8) is 0 Å². The van der Waals surface area contributed by atoms with Crippen LogP contribution in [0, 0.1) is 0 Å². The number of nitrogens with zero attached hydrogens (tertiary/aromatic N) is 2. The second kappa shape index (κ2) is 6.76. The predicted octanol–water partition coefficient (Wildman–Crippen LogP) is 0.817. The molecule has 0 bridgehead atoms. The third-order valence-corrected chi connectivity index (χ3v) is 4.34. The Morgan fingerprint density at radius 1 is 1.41 bits per heavy atom. The molecular weight excluding hydrogens is 238 g/mol. The Morgan fingerprint density at radius 3 is 2.82 bits per heavy atom. The molecule has 0 aliphatic heterocycles. The summed E-state index contributed by atoms with van der Waals surface area (Å²) in [5, 5.41) is 7.41. The van der Waals surface area contributed by atoms with E-state index in [4.69, 9.17) is 0 Å². The molecule has 5 nitrogen and oxygen atoms in total. The molecule has 1 heterocycles. The van der Waals surface area contributed by atoms with Crippen molar-refractivity contribution in [3.05, 3.63) is 18.0 Å². The van der Waals surface area contributed by atoms with Crippen molar-refractivity contribution in [3.8, 4) is 0 Å². The molecule has 0 aromatic carbocycles. The van der Waals surface area contributed by atoms with Gasteiger partial charge in [-0.05, 0) is 13.0 Å². The van der Waals surface area contributed by atoms with Crippen LogP contribution < -0.4 is 5.32 Å². The lowest BCUT2D eigenvalue weighted by Crippen LogP contribution is -2.12. The zero-order valence-electron chi connectivity index (χ0n) is 10.5. The normalized spacial score (nSPS) is 11.9. The first-order valence-corrected chi connectivity index (χ1v) is 7.82. The van der Waals surface area contributed by atoms with Crippen molar-refractivity contribution in [2.75, 3.05) is 18.1 Å². The molecule has 0 fully saturated rings. The van der Waals surface area contributed by atoms with Crippen LogP contribution in [-0.4, -0.2) is 36.2 Å². The first-order chi connectivity index (χ1) is 8.07. The van der Waals surface area contributed by atoms with E-state index in [-0.39, 0.29) is 11.5 Å². The van der Waals surface area contributed by atoms with Gasteiger partial charge in [0.2, 0.25) is 0 Å². The Balaban J connectivity index is 2.35. The summed E-state index contributed by atoms with van der Waals surface area (Å²) in [7, 11) is -2.85. The maximum Gasteiger partial charge on any atom is 0.150 e. The molecule has 0 radical (unpaired) electrons. The molecule has 0 saturated heterocycles. The molecule has 0 saturated carbocycles. The van der Waals surface area contributed by atoms with Gasteiger partial charge in [0, 0.05) is 30.6 Å². The largest absolute Gasteiger partial charge is 0.313 e. The highest BCUT2D eigenvalue weighted by molar-refractivity contribution is 7.91. The Bertz CT molecular complexity index is 426. The minimum absolute atomic E-state index is 0.220. The predicted molar refractivity (Wildman–Crippen MR) is 68.6 cm³/mol. The summed E-state index contributed by atoms with van der Waals surface area (Å²) in [6.07, 6.45) is 4.40. The third-order valence-electron chi connectivity index (χ3n) is 2.55. The van der Waals surface area contributed by atoms with Gasteiger partial charge in [0.25, 0.3) is 0 Å². The molecule has 0 atom stereocenters. The fourth-order valence-electron chi connectivity index (χ4n) is 1.48. The van der Waals surface area contributed by atoms with Crippen LogP contribution in [0.5, 0.6) is 0 Å². The van der Waals surface area contributed by atoms with Crippen LogP contribution in [0.2, 0.25) is 0 Å². The van der Waals surface area contributed by atoms with Crippen LogP contribution in [-0.2, 0) is 22.9 Å². The number of rotatable bonds is 8. The summed E-state index contributed by atoms with van der Waals surface area (Å²) in [5.41, 5.74) is 1.13. The highest BCUT2D eigenvalue weighted by atomic mass is 32.2. The second-order valence-electron chi connectivity index (χ2n) is 3.98. The van der Waals surface area contributed by atoms with E-state index in [1.807, 2.05) is 12.4 Å². The minimum atomic E-state index is -2.85. The highest BCUT2D eigenvalue weighted by Crippen LogP contribution is 2.00. The van der Waals surface area contributed by atoms with E-state index in [1.54, 1.807) is 11.6 Å². The number of aromatic nitrogens is 2. The Hall–Kier alpha value is -0.880. The monoisotopic (exact) mass is 259 g/mol. The van der Waals surface area contributed by atoms with Crippen LogP contribution in [0.1, 0.15) is 25.8 Å². The number of nitrogens with one attached hydrogen (secondary N) is 1. The molecule has 0 spiro atoms. The first-order valence-electron chi connectivity index (χ1n) is 6.00. The van der Waals surface area contributed by atoms with Crippen molar-refractivity contribution < 1.29 is 8.42 Å². The van der Waals surface area contributed by atoms with Gasteiger partial charge < -0.3 is 5.32 Å². The lowest BCUT2D eigenvalue weighted by Gasteiger charge is -2.02. The van der Waals surface area contributed by atoms with Gasteiger partial charge in [-0.3, -0.25) is 4.68 Å². The van der Waals surface area contributed by atoms with Gasteiger partial charge in [-0.15, -0.1) is 0 Å². The second-order valence-corrected chi connectivity index (χ2v) is 6.45. The van der Waals surface area contributed by atoms with Crippen LogP contribution in [0.25, 0.3) is 0 Å². The zero-order chi connectivity index (χ0) is 12.7. The SMILES string of the molecule is CCNCc1cnn(CCCS(=O)(=O)CC)c1. The summed E-state index contributed by atoms with van der Waals surface area (Å²) >= 11 is 0. The van der Waals surface area contributed by atoms with Gasteiger partial charge in [0.05, 0.1) is 11.9 Å². The molecule has 1 aromatic rings. The number of sulfone groups is 1. The third kappa shape index (κ3) is 5.32. The van der Waals surface area contributed by atoms with Crippen molar-refractivity contribution >= 4 is 9.84 Å². The number of hydrogen-bond donors (Lipinski definition) is 1. The lowest BCUT2D eigenvalue weighted by molar-refractivity contribution is 0.573. The van der Waals surface area contributed by atoms with Gasteiger partial charge in [-0.1, -0.05) is 13.8 Å². The van der Waals surface area contributed by atoms with Crippen molar-refractivity contribution in [2.45, 2.75) is 33.4 Å². The average Bonchev–Trinajstić information content (AvgIpc) is 2.74. The maximum atomic E-state index is 11.3. The fourth-order valence-corrected chi connectivity index (χ4v) is 2.34. The maximum absolute atomic E-state index is 11.3. The first kappa shape index (κ1) is 14.2. The molecule has 98 valence electrons. The molecule has 1 aromatic heterocycles. The molecule has 1 rings (SSSR count). The molecule has 0 aliphatic carbocycles. The average molecular weight is 259 g/mol. The van der Waals surface area contributed by atoms with E-state index in [0.717, 1.165) is 18.7 Å². The van der Waals surface area contributed by atoms with Gasteiger partial charge in [0.1, 0.15) is 9.84 Å². The molecule has 6 heteroatoms. The van der Waals surface area contributed by atoms with Crippen LogP contribution in [0.15, 0.2) is 12.4 Å². The van der Waals surface area contributed by atoms with Crippen LogP contribution >= 0.6 is 0 Å². The van der Waals surface area contributed by atoms with E-state index in [1.165, 1.54) is 0 Å². The van der Waals surface area contributed by atoms with Crippen molar-refractivity contribution in [1.29, 1.82) is 0 Å². The van der Waals surface area contributed by atoms with E-state index < -0.39 is 9.84 Å². The van der Waals surface area contributed by atoms with Gasteiger partial charge in [-0.25, -0.2) is 8.42 Å². The van der Waals surface area contributed by atoms with E-state index >= 15 is 0 Å². The van der Waals surface area contributed by atoms with Crippen LogP contribution in [0.4, 0.5) is 0 Å². The fraction of sp³-hybridized carbons (Fsp3) is 0.727. The number of aryl methyl sites for hydroxylation is 1. The summed E-state index contributed by atoms with van der Waals surface area (Å²) in [6.45, 7) is 6.13. The summed E-state index contributed by atoms with van der Waals surface area (Å²) in [4.78, 5) is 0. The van der Waals surface area contributed by atoms with Gasteiger partial charge in [-0.2, -0.15) is 5.10 Å². The Labute approximate surface area is 103 Å². The van der Waals surface area contributed by atoms with E-state index in [0.29, 0.717) is 13.0 Å². The molecule has 0 aliphatic rings. The summed E-state index contributed by atoms with van der Waals surface area (Å²) in [5.74, 6) is 0.462. The van der Waals surface area contributed by atoms with Gasteiger partial charge >= 0.3 is 0 Å². The molecule has 17 heavy (non-hydrogen) atoms. The smallest absolute Gasteiger partial charge is 0.150 e. The molecule has 0 amide bonds. The Kier molecular flexibility index (Phi) is 5.64. The van der Waals surface area contributed by atoms with Crippen molar-refractivity contribution in [1.82, 2.24) is 15.1 Å². The lowest BCUT2D eigenvalue weighted by atomic mass is 10.3. The molecular formula is C11H21N3O2S. The zero-order valence-corrected chi connectivity index (χ0v) is 11.3. The standard InChI is InChI=1S/C11H21N3O2S/c1-3-12-8-11-9-13-14(10-11)6-5-7-17(15,16)4-2/h9-10,12H,3-8H2,1-2H3. The van der Waals surface area contributed by atoms with E-state index in [2.05, 4.69) is 17.3 Å². The molecule has 0 unspecified atom stereocenters. The van der Waals surface area contributed by atoms with Gasteiger partial charge in [0.15, 0.2) is 0 Å². The number of hydrogen-bond acceptors (Lipinski definition) is 4. The van der Waals surface area contributed by atoms with E-state index in [9.17, 15) is 8.42 Å². The Morgan fingerprint density at radius 2 is 2.18 bits per heavy atom. The quantitative estimate of drug-likeness (QED) is 0.750. The summed E-state index contributed by atoms with van der Waals surface area (Å²) < 4.78 is 24.4. The minimum Gasteiger partial charge on any atom is -0.313 e.